The zero-order valence-electron chi connectivity index (χ0n) is 20.7. The molecule has 0 saturated heterocycles. The minimum atomic E-state index is -4.53. The Hall–Kier alpha value is -3.44. The lowest BCUT2D eigenvalue weighted by atomic mass is 9.80. The molecule has 0 atom stereocenters. The van der Waals surface area contributed by atoms with Gasteiger partial charge in [0.05, 0.1) is 10.5 Å². The zero-order valence-corrected chi connectivity index (χ0v) is 21.5. The number of halogens is 3. The van der Waals surface area contributed by atoms with E-state index in [4.69, 9.17) is 0 Å². The van der Waals surface area contributed by atoms with Crippen LogP contribution in [0.5, 0.6) is 0 Å². The quantitative estimate of drug-likeness (QED) is 0.461. The first-order chi connectivity index (χ1) is 18.0. The van der Waals surface area contributed by atoms with Crippen LogP contribution in [0.3, 0.4) is 0 Å². The Balaban J connectivity index is 1.41. The van der Waals surface area contributed by atoms with Crippen molar-refractivity contribution in [2.45, 2.75) is 48.7 Å². The number of aromatic nitrogens is 1. The molecule has 2 aromatic carbocycles. The zero-order chi connectivity index (χ0) is 27.1. The molecule has 200 valence electrons. The second-order valence-corrected chi connectivity index (χ2v) is 11.6. The molecule has 11 heteroatoms. The van der Waals surface area contributed by atoms with Crippen molar-refractivity contribution >= 4 is 21.7 Å². The van der Waals surface area contributed by atoms with Gasteiger partial charge in [-0.25, -0.2) is 17.9 Å². The van der Waals surface area contributed by atoms with Crippen molar-refractivity contribution < 1.29 is 26.4 Å². The molecule has 0 unspecified atom stereocenters. The second kappa shape index (κ2) is 9.70. The summed E-state index contributed by atoms with van der Waals surface area (Å²) in [6, 6.07) is 12.4. The Labute approximate surface area is 219 Å². The van der Waals surface area contributed by atoms with E-state index < -0.39 is 21.8 Å². The van der Waals surface area contributed by atoms with Crippen molar-refractivity contribution in [3.05, 3.63) is 77.6 Å². The number of nitrogens with zero attached hydrogens (tertiary/aromatic N) is 2. The van der Waals surface area contributed by atoms with Crippen LogP contribution in [-0.4, -0.2) is 33.0 Å². The Bertz CT molecular complexity index is 1470. The van der Waals surface area contributed by atoms with Crippen LogP contribution < -0.4 is 14.9 Å². The van der Waals surface area contributed by atoms with Crippen LogP contribution in [0.1, 0.15) is 42.4 Å². The number of amides is 2. The van der Waals surface area contributed by atoms with Crippen LogP contribution in [0.2, 0.25) is 0 Å². The maximum absolute atomic E-state index is 13.7. The fourth-order valence-corrected chi connectivity index (χ4v) is 6.28. The van der Waals surface area contributed by atoms with Gasteiger partial charge in [0, 0.05) is 36.6 Å². The monoisotopic (exact) mass is 544 g/mol. The standard InChI is InChI=1S/C27H27F3N4O3S/c1-31-38(36,37)20-7-4-18(5-8-20)15-33-25(35)34-17-26(11-2-3-12-26)22-14-19(6-9-24(22)34)21-10-13-32-16-23(21)27(28,29)30/h4-10,13-14,16,31H,2-3,11-12,15,17H2,1H3,(H,33,35). The number of carbonyl (C=O) groups is 1. The number of fused-ring (bicyclic) bond motifs is 2. The van der Waals surface area contributed by atoms with Crippen molar-refractivity contribution in [3.8, 4) is 11.1 Å². The molecular weight excluding hydrogens is 517 g/mol. The number of nitrogens with one attached hydrogen (secondary N) is 2. The van der Waals surface area contributed by atoms with E-state index in [0.29, 0.717) is 17.8 Å². The average Bonchev–Trinajstić information content (AvgIpc) is 3.52. The number of pyridine rings is 1. The number of hydrogen-bond acceptors (Lipinski definition) is 4. The highest BCUT2D eigenvalue weighted by Gasteiger charge is 2.46. The van der Waals surface area contributed by atoms with Gasteiger partial charge < -0.3 is 5.32 Å². The lowest BCUT2D eigenvalue weighted by molar-refractivity contribution is -0.137. The molecule has 0 bridgehead atoms. The number of hydrogen-bond donors (Lipinski definition) is 2. The third kappa shape index (κ3) is 4.76. The van der Waals surface area contributed by atoms with Gasteiger partial charge in [-0.1, -0.05) is 31.0 Å². The fourth-order valence-electron chi connectivity index (χ4n) is 5.55. The average molecular weight is 545 g/mol. The fraction of sp³-hybridized carbons (Fsp3) is 0.333. The number of sulfonamides is 1. The Morgan fingerprint density at radius 3 is 2.45 bits per heavy atom. The van der Waals surface area contributed by atoms with E-state index in [1.54, 1.807) is 35.2 Å². The van der Waals surface area contributed by atoms with Crippen molar-refractivity contribution in [1.29, 1.82) is 0 Å². The summed E-state index contributed by atoms with van der Waals surface area (Å²) in [5.74, 6) is 0. The van der Waals surface area contributed by atoms with Crippen LogP contribution in [0.15, 0.2) is 65.8 Å². The molecular formula is C27H27F3N4O3S. The van der Waals surface area contributed by atoms with Crippen molar-refractivity contribution in [1.82, 2.24) is 15.0 Å². The molecule has 2 heterocycles. The van der Waals surface area contributed by atoms with Crippen LogP contribution in [0.25, 0.3) is 11.1 Å². The molecule has 7 nitrogen and oxygen atoms in total. The topological polar surface area (TPSA) is 91.4 Å². The van der Waals surface area contributed by atoms with Gasteiger partial charge in [-0.15, -0.1) is 0 Å². The molecule has 1 saturated carbocycles. The summed E-state index contributed by atoms with van der Waals surface area (Å²) in [7, 11) is -2.21. The second-order valence-electron chi connectivity index (χ2n) is 9.73. The smallest absolute Gasteiger partial charge is 0.334 e. The summed E-state index contributed by atoms with van der Waals surface area (Å²) in [5.41, 5.74) is 1.76. The van der Waals surface area contributed by atoms with Gasteiger partial charge in [0.25, 0.3) is 0 Å². The van der Waals surface area contributed by atoms with Crippen LogP contribution >= 0.6 is 0 Å². The molecule has 5 rings (SSSR count). The lowest BCUT2D eigenvalue weighted by Crippen LogP contribution is -2.41. The van der Waals surface area contributed by atoms with E-state index in [0.717, 1.165) is 43.0 Å². The maximum atomic E-state index is 13.7. The first-order valence-corrected chi connectivity index (χ1v) is 13.8. The van der Waals surface area contributed by atoms with Crippen LogP contribution in [-0.2, 0) is 28.2 Å². The lowest BCUT2D eigenvalue weighted by Gasteiger charge is -2.25. The third-order valence-corrected chi connectivity index (χ3v) is 8.94. The number of rotatable bonds is 5. The summed E-state index contributed by atoms with van der Waals surface area (Å²) >= 11 is 0. The van der Waals surface area contributed by atoms with E-state index in [9.17, 15) is 26.4 Å². The molecule has 1 aliphatic carbocycles. The normalized spacial score (nSPS) is 16.6. The minimum absolute atomic E-state index is 0.0649. The Kier molecular flexibility index (Phi) is 6.68. The number of alkyl halides is 3. The number of anilines is 1. The number of benzene rings is 2. The summed E-state index contributed by atoms with van der Waals surface area (Å²) in [6.45, 7) is 0.654. The van der Waals surface area contributed by atoms with Crippen LogP contribution in [0, 0.1) is 0 Å². The molecule has 0 radical (unpaired) electrons. The van der Waals surface area contributed by atoms with E-state index in [1.165, 1.54) is 31.4 Å². The molecule has 1 fully saturated rings. The molecule has 1 spiro atoms. The van der Waals surface area contributed by atoms with Gasteiger partial charge >= 0.3 is 12.2 Å². The highest BCUT2D eigenvalue weighted by molar-refractivity contribution is 7.89. The van der Waals surface area contributed by atoms with Gasteiger partial charge in [-0.3, -0.25) is 9.88 Å². The van der Waals surface area contributed by atoms with Gasteiger partial charge in [0.1, 0.15) is 0 Å². The highest BCUT2D eigenvalue weighted by atomic mass is 32.2. The number of urea groups is 1. The van der Waals surface area contributed by atoms with Crippen molar-refractivity contribution in [2.75, 3.05) is 18.5 Å². The summed E-state index contributed by atoms with van der Waals surface area (Å²) in [4.78, 5) is 18.8. The van der Waals surface area contributed by atoms with E-state index in [-0.39, 0.29) is 28.4 Å². The predicted octanol–water partition coefficient (Wildman–Crippen LogP) is 5.22. The van der Waals surface area contributed by atoms with E-state index in [2.05, 4.69) is 15.0 Å². The Morgan fingerprint density at radius 1 is 1.08 bits per heavy atom. The van der Waals surface area contributed by atoms with E-state index in [1.807, 2.05) is 0 Å². The van der Waals surface area contributed by atoms with Gasteiger partial charge in [0.2, 0.25) is 10.0 Å². The number of carbonyl (C=O) groups excluding carboxylic acids is 1. The van der Waals surface area contributed by atoms with Crippen LogP contribution in [0.4, 0.5) is 23.7 Å². The molecule has 3 aromatic rings. The molecule has 38 heavy (non-hydrogen) atoms. The molecule has 2 aliphatic rings. The van der Waals surface area contributed by atoms with Gasteiger partial charge in [0.15, 0.2) is 0 Å². The Morgan fingerprint density at radius 2 is 1.79 bits per heavy atom. The molecule has 1 aliphatic heterocycles. The SMILES string of the molecule is CNS(=O)(=O)c1ccc(CNC(=O)N2CC3(CCCC3)c3cc(-c4ccncc4C(F)(F)F)ccc32)cc1. The van der Waals surface area contributed by atoms with Crippen molar-refractivity contribution in [2.24, 2.45) is 0 Å². The predicted molar refractivity (Wildman–Crippen MR) is 137 cm³/mol. The van der Waals surface area contributed by atoms with Gasteiger partial charge in [-0.2, -0.15) is 13.2 Å². The molecule has 1 aromatic heterocycles. The molecule has 2 N–H and O–H groups in total. The third-order valence-electron chi connectivity index (χ3n) is 7.51. The summed E-state index contributed by atoms with van der Waals surface area (Å²) in [5, 5.41) is 2.90. The van der Waals surface area contributed by atoms with Gasteiger partial charge in [-0.05, 0) is 72.5 Å². The summed E-state index contributed by atoms with van der Waals surface area (Å²) < 4.78 is 67.1. The molecule has 2 amide bonds. The maximum Gasteiger partial charge on any atom is 0.418 e. The first-order valence-electron chi connectivity index (χ1n) is 12.3. The first kappa shape index (κ1) is 26.2. The summed E-state index contributed by atoms with van der Waals surface area (Å²) in [6.07, 6.45) is 1.36. The van der Waals surface area contributed by atoms with Crippen molar-refractivity contribution in [3.63, 3.8) is 0 Å². The largest absolute Gasteiger partial charge is 0.418 e. The minimum Gasteiger partial charge on any atom is -0.334 e. The highest BCUT2D eigenvalue weighted by Crippen LogP contribution is 2.51. The van der Waals surface area contributed by atoms with E-state index >= 15 is 0 Å².